The largest absolute Gasteiger partial charge is 0.328 e. The van der Waals surface area contributed by atoms with Gasteiger partial charge in [0.15, 0.2) is 9.84 Å². The number of hydrogen-bond acceptors (Lipinski definition) is 3. The van der Waals surface area contributed by atoms with Crippen molar-refractivity contribution in [3.63, 3.8) is 0 Å². The summed E-state index contributed by atoms with van der Waals surface area (Å²) in [6.45, 7) is 6.37. The van der Waals surface area contributed by atoms with Gasteiger partial charge in [-0.3, -0.25) is 0 Å². The maximum Gasteiger partial charge on any atom is 0.181 e. The highest BCUT2D eigenvalue weighted by Gasteiger charge is 2.31. The molecule has 1 aliphatic carbocycles. The van der Waals surface area contributed by atoms with Crippen LogP contribution < -0.4 is 5.73 Å². The van der Waals surface area contributed by atoms with Crippen LogP contribution in [0.25, 0.3) is 0 Å². The Morgan fingerprint density at radius 1 is 1.00 bits per heavy atom. The van der Waals surface area contributed by atoms with Crippen LogP contribution >= 0.6 is 0 Å². The van der Waals surface area contributed by atoms with Crippen molar-refractivity contribution in [2.24, 2.45) is 5.73 Å². The fraction of sp³-hybridized carbons (Fsp3) is 0.625. The van der Waals surface area contributed by atoms with E-state index in [4.69, 9.17) is 5.73 Å². The maximum absolute atomic E-state index is 12.6. The molecule has 0 saturated heterocycles. The van der Waals surface area contributed by atoms with Gasteiger partial charge in [0.25, 0.3) is 0 Å². The lowest BCUT2D eigenvalue weighted by Gasteiger charge is -2.26. The Hall–Kier alpha value is -0.870. The molecule has 0 radical (unpaired) electrons. The molecule has 2 N–H and O–H groups in total. The standard InChI is InChI=1S/C16H25NO2S/c1-16(2,3)12-4-8-14(9-5-12)20(18,19)15-10-6-13(17)7-11-15/h4-5,8-9,13,15H,6-7,10-11,17H2,1-3H3. The second kappa shape index (κ2) is 5.49. The fourth-order valence-corrected chi connectivity index (χ4v) is 4.53. The van der Waals surface area contributed by atoms with Crippen molar-refractivity contribution in [1.82, 2.24) is 0 Å². The predicted molar refractivity (Wildman–Crippen MR) is 82.6 cm³/mol. The molecule has 2 rings (SSSR count). The van der Waals surface area contributed by atoms with E-state index in [1.54, 1.807) is 12.1 Å². The van der Waals surface area contributed by atoms with Crippen LogP contribution in [0.3, 0.4) is 0 Å². The zero-order valence-corrected chi connectivity index (χ0v) is 13.4. The lowest BCUT2D eigenvalue weighted by molar-refractivity contribution is 0.433. The molecule has 1 fully saturated rings. The third kappa shape index (κ3) is 3.23. The molecule has 0 heterocycles. The summed E-state index contributed by atoms with van der Waals surface area (Å²) in [5.74, 6) is 0. The summed E-state index contributed by atoms with van der Waals surface area (Å²) in [5.41, 5.74) is 7.05. The fourth-order valence-electron chi connectivity index (χ4n) is 2.74. The van der Waals surface area contributed by atoms with E-state index in [0.717, 1.165) is 18.4 Å². The monoisotopic (exact) mass is 295 g/mol. The third-order valence-corrected chi connectivity index (χ3v) is 6.48. The lowest BCUT2D eigenvalue weighted by Crippen LogP contribution is -2.33. The smallest absolute Gasteiger partial charge is 0.181 e. The molecule has 0 aromatic heterocycles. The molecule has 1 saturated carbocycles. The Morgan fingerprint density at radius 3 is 1.95 bits per heavy atom. The SMILES string of the molecule is CC(C)(C)c1ccc(S(=O)(=O)C2CCC(N)CC2)cc1. The number of nitrogens with two attached hydrogens (primary N) is 1. The summed E-state index contributed by atoms with van der Waals surface area (Å²) in [6.07, 6.45) is 2.99. The van der Waals surface area contributed by atoms with E-state index in [9.17, 15) is 8.42 Å². The van der Waals surface area contributed by atoms with Crippen LogP contribution in [0.4, 0.5) is 0 Å². The van der Waals surface area contributed by atoms with Crippen molar-refractivity contribution in [3.05, 3.63) is 29.8 Å². The molecular formula is C16H25NO2S. The van der Waals surface area contributed by atoms with Crippen molar-refractivity contribution >= 4 is 9.84 Å². The van der Waals surface area contributed by atoms with Gasteiger partial charge in [-0.05, 0) is 48.8 Å². The summed E-state index contributed by atoms with van der Waals surface area (Å²) in [7, 11) is -3.20. The molecule has 3 nitrogen and oxygen atoms in total. The van der Waals surface area contributed by atoms with E-state index >= 15 is 0 Å². The highest BCUT2D eigenvalue weighted by atomic mass is 32.2. The molecule has 0 atom stereocenters. The zero-order valence-electron chi connectivity index (χ0n) is 12.6. The van der Waals surface area contributed by atoms with Crippen LogP contribution in [0.15, 0.2) is 29.2 Å². The Labute approximate surface area is 122 Å². The molecule has 0 amide bonds. The molecule has 112 valence electrons. The average molecular weight is 295 g/mol. The molecule has 1 aliphatic rings. The van der Waals surface area contributed by atoms with Gasteiger partial charge in [0, 0.05) is 6.04 Å². The number of hydrogen-bond donors (Lipinski definition) is 1. The average Bonchev–Trinajstić information content (AvgIpc) is 2.38. The van der Waals surface area contributed by atoms with Crippen molar-refractivity contribution in [2.45, 2.75) is 68.1 Å². The van der Waals surface area contributed by atoms with E-state index in [2.05, 4.69) is 20.8 Å². The highest BCUT2D eigenvalue weighted by Crippen LogP contribution is 2.30. The van der Waals surface area contributed by atoms with Crippen LogP contribution in [0.1, 0.15) is 52.0 Å². The third-order valence-electron chi connectivity index (χ3n) is 4.21. The first-order chi connectivity index (χ1) is 9.21. The molecule has 0 aliphatic heterocycles. The van der Waals surface area contributed by atoms with Crippen molar-refractivity contribution in [2.75, 3.05) is 0 Å². The number of sulfone groups is 1. The normalized spacial score (nSPS) is 24.6. The van der Waals surface area contributed by atoms with Crippen molar-refractivity contribution in [1.29, 1.82) is 0 Å². The predicted octanol–water partition coefficient (Wildman–Crippen LogP) is 3.03. The van der Waals surface area contributed by atoms with E-state index in [0.29, 0.717) is 17.7 Å². The van der Waals surface area contributed by atoms with Crippen LogP contribution in [-0.4, -0.2) is 19.7 Å². The Kier molecular flexibility index (Phi) is 4.26. The topological polar surface area (TPSA) is 60.2 Å². The van der Waals surface area contributed by atoms with Gasteiger partial charge in [-0.25, -0.2) is 8.42 Å². The first kappa shape index (κ1) is 15.5. The van der Waals surface area contributed by atoms with Crippen molar-refractivity contribution < 1.29 is 8.42 Å². The van der Waals surface area contributed by atoms with Gasteiger partial charge in [0.2, 0.25) is 0 Å². The van der Waals surface area contributed by atoms with Crippen LogP contribution in [0, 0.1) is 0 Å². The quantitative estimate of drug-likeness (QED) is 0.912. The van der Waals surface area contributed by atoms with Crippen molar-refractivity contribution in [3.8, 4) is 0 Å². The minimum Gasteiger partial charge on any atom is -0.328 e. The summed E-state index contributed by atoms with van der Waals surface area (Å²) >= 11 is 0. The summed E-state index contributed by atoms with van der Waals surface area (Å²) in [6, 6.07) is 7.54. The van der Waals surface area contributed by atoms with Gasteiger partial charge >= 0.3 is 0 Å². The second-order valence-electron chi connectivity index (χ2n) is 6.86. The Bertz CT molecular complexity index is 547. The minimum atomic E-state index is -3.20. The molecule has 1 aromatic carbocycles. The zero-order chi connectivity index (χ0) is 15.0. The van der Waals surface area contributed by atoms with Gasteiger partial charge in [-0.1, -0.05) is 32.9 Å². The molecular weight excluding hydrogens is 270 g/mol. The van der Waals surface area contributed by atoms with E-state index in [1.807, 2.05) is 12.1 Å². The van der Waals surface area contributed by atoms with Gasteiger partial charge in [0.05, 0.1) is 10.1 Å². The highest BCUT2D eigenvalue weighted by molar-refractivity contribution is 7.92. The molecule has 20 heavy (non-hydrogen) atoms. The second-order valence-corrected chi connectivity index (χ2v) is 9.08. The first-order valence-electron chi connectivity index (χ1n) is 7.31. The van der Waals surface area contributed by atoms with Gasteiger partial charge in [0.1, 0.15) is 0 Å². The summed E-state index contributed by atoms with van der Waals surface area (Å²) < 4.78 is 25.2. The number of rotatable bonds is 2. The van der Waals surface area contributed by atoms with Gasteiger partial charge in [-0.15, -0.1) is 0 Å². The van der Waals surface area contributed by atoms with Crippen LogP contribution in [0.2, 0.25) is 0 Å². The summed E-state index contributed by atoms with van der Waals surface area (Å²) in [5, 5.41) is -0.261. The van der Waals surface area contributed by atoms with E-state index < -0.39 is 9.84 Å². The van der Waals surface area contributed by atoms with Crippen LogP contribution in [0.5, 0.6) is 0 Å². The van der Waals surface area contributed by atoms with Gasteiger partial charge in [-0.2, -0.15) is 0 Å². The van der Waals surface area contributed by atoms with E-state index in [-0.39, 0.29) is 16.7 Å². The molecule has 1 aromatic rings. The first-order valence-corrected chi connectivity index (χ1v) is 8.86. The molecule has 0 unspecified atom stereocenters. The van der Waals surface area contributed by atoms with Gasteiger partial charge < -0.3 is 5.73 Å². The Morgan fingerprint density at radius 2 is 1.50 bits per heavy atom. The van der Waals surface area contributed by atoms with Crippen LogP contribution in [-0.2, 0) is 15.3 Å². The van der Waals surface area contributed by atoms with E-state index in [1.165, 1.54) is 0 Å². The molecule has 0 bridgehead atoms. The molecule has 4 heteroatoms. The lowest BCUT2D eigenvalue weighted by atomic mass is 9.87. The Balaban J connectivity index is 2.22. The summed E-state index contributed by atoms with van der Waals surface area (Å²) in [4.78, 5) is 0.450. The molecule has 0 spiro atoms. The minimum absolute atomic E-state index is 0.0416. The number of benzene rings is 1. The maximum atomic E-state index is 12.6.